The molecular formula is C22H27NO4. The Balaban J connectivity index is 2.07. The standard InChI is InChI=1S/C22H27NO4/c1-14-11-18-21(15(2)23(14)16(3)24)19(25-4)12-20(26-5)22(18)27-13-17-9-7-6-8-10-17/h6-10,12,14-15H,11,13H2,1-5H3/t14-,15-/m1/s1. The van der Waals surface area contributed by atoms with Crippen molar-refractivity contribution in [2.45, 2.75) is 45.9 Å². The normalized spacial score (nSPS) is 18.6. The Morgan fingerprint density at radius 3 is 2.37 bits per heavy atom. The van der Waals surface area contributed by atoms with E-state index in [1.54, 1.807) is 21.1 Å². The van der Waals surface area contributed by atoms with Crippen LogP contribution in [0.4, 0.5) is 0 Å². The van der Waals surface area contributed by atoms with Gasteiger partial charge in [-0.2, -0.15) is 0 Å². The Morgan fingerprint density at radius 1 is 1.11 bits per heavy atom. The fraction of sp³-hybridized carbons (Fsp3) is 0.409. The molecule has 1 amide bonds. The highest BCUT2D eigenvalue weighted by Gasteiger charge is 2.36. The third-order valence-electron chi connectivity index (χ3n) is 5.19. The average Bonchev–Trinajstić information content (AvgIpc) is 2.66. The van der Waals surface area contributed by atoms with E-state index < -0.39 is 0 Å². The molecule has 0 spiro atoms. The van der Waals surface area contributed by atoms with Gasteiger partial charge in [0.2, 0.25) is 5.91 Å². The fourth-order valence-electron chi connectivity index (χ4n) is 4.05. The van der Waals surface area contributed by atoms with Gasteiger partial charge in [0.15, 0.2) is 11.5 Å². The lowest BCUT2D eigenvalue weighted by Crippen LogP contribution is -2.44. The topological polar surface area (TPSA) is 48.0 Å². The summed E-state index contributed by atoms with van der Waals surface area (Å²) in [7, 11) is 3.27. The summed E-state index contributed by atoms with van der Waals surface area (Å²) in [6, 6.07) is 11.9. The van der Waals surface area contributed by atoms with Gasteiger partial charge in [-0.25, -0.2) is 0 Å². The van der Waals surface area contributed by atoms with Gasteiger partial charge in [0, 0.05) is 30.2 Å². The predicted molar refractivity (Wildman–Crippen MR) is 104 cm³/mol. The molecule has 1 heterocycles. The van der Waals surface area contributed by atoms with Crippen molar-refractivity contribution in [3.05, 3.63) is 53.1 Å². The van der Waals surface area contributed by atoms with Crippen LogP contribution in [0.25, 0.3) is 0 Å². The molecule has 0 radical (unpaired) electrons. The fourth-order valence-corrected chi connectivity index (χ4v) is 4.05. The predicted octanol–water partition coefficient (Wildman–Crippen LogP) is 4.14. The third kappa shape index (κ3) is 3.59. The van der Waals surface area contributed by atoms with Crippen LogP contribution in [0.5, 0.6) is 17.2 Å². The quantitative estimate of drug-likeness (QED) is 0.795. The molecule has 3 rings (SSSR count). The van der Waals surface area contributed by atoms with Crippen LogP contribution in [0.2, 0.25) is 0 Å². The molecule has 0 saturated heterocycles. The van der Waals surface area contributed by atoms with Gasteiger partial charge in [0.25, 0.3) is 0 Å². The number of benzene rings is 2. The first-order chi connectivity index (χ1) is 13.0. The number of ether oxygens (including phenoxy) is 3. The number of amides is 1. The van der Waals surface area contributed by atoms with E-state index in [1.165, 1.54) is 0 Å². The van der Waals surface area contributed by atoms with Crippen LogP contribution in [0.3, 0.4) is 0 Å². The molecule has 27 heavy (non-hydrogen) atoms. The maximum atomic E-state index is 12.2. The Labute approximate surface area is 160 Å². The highest BCUT2D eigenvalue weighted by molar-refractivity contribution is 5.75. The van der Waals surface area contributed by atoms with Crippen molar-refractivity contribution in [1.29, 1.82) is 0 Å². The van der Waals surface area contributed by atoms with Gasteiger partial charge in [-0.05, 0) is 25.8 Å². The molecule has 0 aliphatic carbocycles. The molecular weight excluding hydrogens is 342 g/mol. The number of nitrogens with zero attached hydrogens (tertiary/aromatic N) is 1. The van der Waals surface area contributed by atoms with Crippen LogP contribution in [0.1, 0.15) is 43.5 Å². The second kappa shape index (κ2) is 7.91. The van der Waals surface area contributed by atoms with E-state index in [9.17, 15) is 4.79 Å². The molecule has 144 valence electrons. The first kappa shape index (κ1) is 19.1. The molecule has 0 saturated carbocycles. The van der Waals surface area contributed by atoms with Gasteiger partial charge in [-0.1, -0.05) is 30.3 Å². The van der Waals surface area contributed by atoms with Crippen LogP contribution in [-0.2, 0) is 17.8 Å². The monoisotopic (exact) mass is 369 g/mol. The number of carbonyl (C=O) groups is 1. The minimum Gasteiger partial charge on any atom is -0.496 e. The molecule has 5 nitrogen and oxygen atoms in total. The zero-order valence-corrected chi connectivity index (χ0v) is 16.6. The minimum absolute atomic E-state index is 0.0604. The van der Waals surface area contributed by atoms with Gasteiger partial charge in [-0.15, -0.1) is 0 Å². The molecule has 0 N–H and O–H groups in total. The Kier molecular flexibility index (Phi) is 5.59. The molecule has 5 heteroatoms. The SMILES string of the molecule is COc1cc(OC)c2c(c1OCc1ccccc1)C[C@@H](C)N(C(C)=O)[C@@H]2C. The van der Waals surface area contributed by atoms with Crippen molar-refractivity contribution in [3.63, 3.8) is 0 Å². The van der Waals surface area contributed by atoms with Gasteiger partial charge >= 0.3 is 0 Å². The summed E-state index contributed by atoms with van der Waals surface area (Å²) >= 11 is 0. The van der Waals surface area contributed by atoms with Gasteiger partial charge in [0.1, 0.15) is 12.4 Å². The van der Waals surface area contributed by atoms with E-state index in [2.05, 4.69) is 6.92 Å². The highest BCUT2D eigenvalue weighted by Crippen LogP contribution is 2.47. The lowest BCUT2D eigenvalue weighted by Gasteiger charge is -2.41. The van der Waals surface area contributed by atoms with E-state index in [4.69, 9.17) is 14.2 Å². The number of methoxy groups -OCH3 is 2. The molecule has 2 aromatic carbocycles. The van der Waals surface area contributed by atoms with Crippen molar-refractivity contribution < 1.29 is 19.0 Å². The summed E-state index contributed by atoms with van der Waals surface area (Å²) in [5.41, 5.74) is 3.14. The lowest BCUT2D eigenvalue weighted by atomic mass is 9.87. The minimum atomic E-state index is -0.0961. The van der Waals surface area contributed by atoms with E-state index in [0.29, 0.717) is 18.8 Å². The number of hydrogen-bond acceptors (Lipinski definition) is 4. The summed E-state index contributed by atoms with van der Waals surface area (Å²) in [5.74, 6) is 2.17. The van der Waals surface area contributed by atoms with Crippen LogP contribution >= 0.6 is 0 Å². The summed E-state index contributed by atoms with van der Waals surface area (Å²) in [4.78, 5) is 14.1. The van der Waals surface area contributed by atoms with E-state index in [0.717, 1.165) is 28.2 Å². The highest BCUT2D eigenvalue weighted by atomic mass is 16.5. The van der Waals surface area contributed by atoms with Crippen LogP contribution in [0.15, 0.2) is 36.4 Å². The molecule has 0 aromatic heterocycles. The zero-order chi connectivity index (χ0) is 19.6. The molecule has 1 aliphatic rings. The third-order valence-corrected chi connectivity index (χ3v) is 5.19. The zero-order valence-electron chi connectivity index (χ0n) is 16.6. The molecule has 2 atom stereocenters. The van der Waals surface area contributed by atoms with Crippen molar-refractivity contribution in [1.82, 2.24) is 4.90 Å². The van der Waals surface area contributed by atoms with E-state index in [1.807, 2.05) is 48.2 Å². The Bertz CT molecular complexity index is 819. The second-order valence-corrected chi connectivity index (χ2v) is 6.93. The van der Waals surface area contributed by atoms with Crippen LogP contribution in [-0.4, -0.2) is 31.1 Å². The molecule has 0 fully saturated rings. The number of rotatable bonds is 5. The maximum absolute atomic E-state index is 12.2. The van der Waals surface area contributed by atoms with Crippen molar-refractivity contribution in [2.75, 3.05) is 14.2 Å². The summed E-state index contributed by atoms with van der Waals surface area (Å²) in [6.07, 6.45) is 0.691. The second-order valence-electron chi connectivity index (χ2n) is 6.93. The summed E-state index contributed by atoms with van der Waals surface area (Å²) in [6.45, 7) is 6.16. The van der Waals surface area contributed by atoms with Gasteiger partial charge in [0.05, 0.1) is 20.3 Å². The first-order valence-corrected chi connectivity index (χ1v) is 9.21. The molecule has 0 bridgehead atoms. The Morgan fingerprint density at radius 2 is 1.78 bits per heavy atom. The van der Waals surface area contributed by atoms with Crippen molar-refractivity contribution in [2.24, 2.45) is 0 Å². The van der Waals surface area contributed by atoms with Gasteiger partial charge in [-0.3, -0.25) is 4.79 Å². The van der Waals surface area contributed by atoms with Crippen molar-refractivity contribution in [3.8, 4) is 17.2 Å². The lowest BCUT2D eigenvalue weighted by molar-refractivity contribution is -0.133. The molecule has 2 aromatic rings. The van der Waals surface area contributed by atoms with Crippen LogP contribution in [0, 0.1) is 0 Å². The van der Waals surface area contributed by atoms with Gasteiger partial charge < -0.3 is 19.1 Å². The maximum Gasteiger partial charge on any atom is 0.220 e. The van der Waals surface area contributed by atoms with Crippen molar-refractivity contribution >= 4 is 5.91 Å². The largest absolute Gasteiger partial charge is 0.496 e. The van der Waals surface area contributed by atoms with Crippen LogP contribution < -0.4 is 14.2 Å². The number of fused-ring (bicyclic) bond motifs is 1. The smallest absolute Gasteiger partial charge is 0.220 e. The Hall–Kier alpha value is -2.69. The van der Waals surface area contributed by atoms with E-state index in [-0.39, 0.29) is 18.0 Å². The number of carbonyl (C=O) groups excluding carboxylic acids is 1. The molecule has 0 unspecified atom stereocenters. The molecule has 1 aliphatic heterocycles. The first-order valence-electron chi connectivity index (χ1n) is 9.21. The average molecular weight is 369 g/mol. The summed E-state index contributed by atoms with van der Waals surface area (Å²) in [5, 5.41) is 0. The number of hydrogen-bond donors (Lipinski definition) is 0. The van der Waals surface area contributed by atoms with E-state index >= 15 is 0 Å². The summed E-state index contributed by atoms with van der Waals surface area (Å²) < 4.78 is 17.5.